The van der Waals surface area contributed by atoms with Crippen molar-refractivity contribution in [1.82, 2.24) is 0 Å². The molecule has 0 bridgehead atoms. The smallest absolute Gasteiger partial charge is 0.0690 e. The van der Waals surface area contributed by atoms with E-state index < -0.39 is 0 Å². The molecule has 0 aromatic carbocycles. The maximum Gasteiger partial charge on any atom is 0.0690 e. The van der Waals surface area contributed by atoms with Gasteiger partial charge in [-0.1, -0.05) is 12.8 Å². The number of nitrogens with two attached hydrogens (primary N) is 1. The predicted molar refractivity (Wildman–Crippen MR) is 44.3 cm³/mol. The molecular weight excluding hydrogens is 150 g/mol. The Morgan fingerprint density at radius 1 is 1.40 bits per heavy atom. The zero-order valence-corrected chi connectivity index (χ0v) is 6.94. The summed E-state index contributed by atoms with van der Waals surface area (Å²) in [6.45, 7) is 0.435. The lowest BCUT2D eigenvalue weighted by Crippen LogP contribution is -2.26. The Balaban J connectivity index is 0.000000810. The molecule has 3 N–H and O–H groups in total. The summed E-state index contributed by atoms with van der Waals surface area (Å²) in [4.78, 5) is 0. The van der Waals surface area contributed by atoms with Crippen molar-refractivity contribution >= 4 is 12.4 Å². The molecule has 1 atom stereocenters. The average molecular weight is 166 g/mol. The fourth-order valence-corrected chi connectivity index (χ4v) is 1.53. The molecule has 62 valence electrons. The SMILES string of the molecule is Cl.NC[C@H](O)C1CCCC1. The summed E-state index contributed by atoms with van der Waals surface area (Å²) < 4.78 is 0. The molecule has 0 aromatic rings. The standard InChI is InChI=1S/C7H15NO.ClH/c8-5-7(9)6-3-1-2-4-6;/h6-7,9H,1-5,8H2;1H/t7-;/m0./s1. The summed E-state index contributed by atoms with van der Waals surface area (Å²) in [5.74, 6) is 0.509. The summed E-state index contributed by atoms with van der Waals surface area (Å²) in [7, 11) is 0. The van der Waals surface area contributed by atoms with E-state index in [-0.39, 0.29) is 18.5 Å². The van der Waals surface area contributed by atoms with Gasteiger partial charge in [0.2, 0.25) is 0 Å². The monoisotopic (exact) mass is 165 g/mol. The van der Waals surface area contributed by atoms with Gasteiger partial charge in [-0.2, -0.15) is 0 Å². The van der Waals surface area contributed by atoms with Crippen molar-refractivity contribution in [2.24, 2.45) is 11.7 Å². The van der Waals surface area contributed by atoms with E-state index in [4.69, 9.17) is 5.73 Å². The third kappa shape index (κ3) is 2.45. The van der Waals surface area contributed by atoms with Crippen LogP contribution in [0.15, 0.2) is 0 Å². The molecule has 3 heteroatoms. The number of hydrogen-bond acceptors (Lipinski definition) is 2. The lowest BCUT2D eigenvalue weighted by molar-refractivity contribution is 0.118. The van der Waals surface area contributed by atoms with Gasteiger partial charge in [-0.25, -0.2) is 0 Å². The van der Waals surface area contributed by atoms with Crippen LogP contribution in [0.5, 0.6) is 0 Å². The topological polar surface area (TPSA) is 46.2 Å². The summed E-state index contributed by atoms with van der Waals surface area (Å²) in [5.41, 5.74) is 5.30. The largest absolute Gasteiger partial charge is 0.392 e. The predicted octanol–water partition coefficient (Wildman–Crippen LogP) is 0.918. The molecule has 1 aliphatic rings. The molecule has 0 aromatic heterocycles. The summed E-state index contributed by atoms with van der Waals surface area (Å²) in [5, 5.41) is 9.23. The van der Waals surface area contributed by atoms with Gasteiger partial charge in [0.1, 0.15) is 0 Å². The fraction of sp³-hybridized carbons (Fsp3) is 1.00. The van der Waals surface area contributed by atoms with Crippen molar-refractivity contribution in [3.05, 3.63) is 0 Å². The summed E-state index contributed by atoms with van der Waals surface area (Å²) in [6.07, 6.45) is 4.69. The van der Waals surface area contributed by atoms with Crippen LogP contribution in [0.25, 0.3) is 0 Å². The van der Waals surface area contributed by atoms with Gasteiger partial charge in [-0.3, -0.25) is 0 Å². The molecule has 1 fully saturated rings. The lowest BCUT2D eigenvalue weighted by atomic mass is 10.0. The van der Waals surface area contributed by atoms with E-state index in [2.05, 4.69) is 0 Å². The van der Waals surface area contributed by atoms with Crippen LogP contribution in [0.3, 0.4) is 0 Å². The van der Waals surface area contributed by atoms with E-state index in [1.165, 1.54) is 25.7 Å². The zero-order valence-electron chi connectivity index (χ0n) is 6.12. The molecule has 0 aliphatic heterocycles. The lowest BCUT2D eigenvalue weighted by Gasteiger charge is -2.14. The molecule has 1 saturated carbocycles. The number of halogens is 1. The van der Waals surface area contributed by atoms with Gasteiger partial charge in [0.15, 0.2) is 0 Å². The minimum absolute atomic E-state index is 0. The second-order valence-electron chi connectivity index (χ2n) is 2.85. The normalized spacial score (nSPS) is 22.2. The van der Waals surface area contributed by atoms with Crippen molar-refractivity contribution in [3.63, 3.8) is 0 Å². The molecule has 1 rings (SSSR count). The quantitative estimate of drug-likeness (QED) is 0.639. The molecule has 1 aliphatic carbocycles. The first-order chi connectivity index (χ1) is 4.34. The van der Waals surface area contributed by atoms with Crippen LogP contribution in [0.2, 0.25) is 0 Å². The number of aliphatic hydroxyl groups is 1. The zero-order chi connectivity index (χ0) is 6.69. The molecule has 0 amide bonds. The molecule has 0 radical (unpaired) electrons. The van der Waals surface area contributed by atoms with Crippen LogP contribution in [-0.4, -0.2) is 17.8 Å². The van der Waals surface area contributed by atoms with Crippen molar-refractivity contribution in [3.8, 4) is 0 Å². The van der Waals surface area contributed by atoms with E-state index in [9.17, 15) is 5.11 Å². The van der Waals surface area contributed by atoms with E-state index in [1.54, 1.807) is 0 Å². The Morgan fingerprint density at radius 3 is 2.30 bits per heavy atom. The van der Waals surface area contributed by atoms with Crippen LogP contribution >= 0.6 is 12.4 Å². The van der Waals surface area contributed by atoms with Crippen molar-refractivity contribution in [2.45, 2.75) is 31.8 Å². The summed E-state index contributed by atoms with van der Waals surface area (Å²) >= 11 is 0. The molecule has 0 saturated heterocycles. The van der Waals surface area contributed by atoms with E-state index in [1.807, 2.05) is 0 Å². The van der Waals surface area contributed by atoms with Gasteiger partial charge in [0.25, 0.3) is 0 Å². The third-order valence-electron chi connectivity index (χ3n) is 2.19. The molecule has 0 heterocycles. The van der Waals surface area contributed by atoms with Crippen molar-refractivity contribution < 1.29 is 5.11 Å². The third-order valence-corrected chi connectivity index (χ3v) is 2.19. The minimum Gasteiger partial charge on any atom is -0.392 e. The second-order valence-corrected chi connectivity index (χ2v) is 2.85. The Kier molecular flexibility index (Phi) is 5.04. The first-order valence-electron chi connectivity index (χ1n) is 3.72. The van der Waals surface area contributed by atoms with Crippen molar-refractivity contribution in [2.75, 3.05) is 6.54 Å². The van der Waals surface area contributed by atoms with Crippen LogP contribution in [0.4, 0.5) is 0 Å². The van der Waals surface area contributed by atoms with Crippen LogP contribution in [0, 0.1) is 5.92 Å². The van der Waals surface area contributed by atoms with Gasteiger partial charge in [-0.05, 0) is 18.8 Å². The van der Waals surface area contributed by atoms with E-state index in [0.29, 0.717) is 12.5 Å². The van der Waals surface area contributed by atoms with Crippen LogP contribution in [0.1, 0.15) is 25.7 Å². The maximum absolute atomic E-state index is 9.23. The Labute approximate surface area is 68.2 Å². The van der Waals surface area contributed by atoms with Gasteiger partial charge in [0, 0.05) is 6.54 Å². The highest BCUT2D eigenvalue weighted by molar-refractivity contribution is 5.85. The highest BCUT2D eigenvalue weighted by Gasteiger charge is 2.21. The highest BCUT2D eigenvalue weighted by Crippen LogP contribution is 2.26. The Bertz CT molecular complexity index is 83.7. The highest BCUT2D eigenvalue weighted by atomic mass is 35.5. The van der Waals surface area contributed by atoms with E-state index >= 15 is 0 Å². The molecular formula is C7H16ClNO. The average Bonchev–Trinajstić information content (AvgIpc) is 2.37. The molecule has 10 heavy (non-hydrogen) atoms. The number of rotatable bonds is 2. The number of hydrogen-bond donors (Lipinski definition) is 2. The molecule has 2 nitrogen and oxygen atoms in total. The second kappa shape index (κ2) is 4.94. The van der Waals surface area contributed by atoms with E-state index in [0.717, 1.165) is 0 Å². The molecule has 0 unspecified atom stereocenters. The minimum atomic E-state index is -0.229. The van der Waals surface area contributed by atoms with Gasteiger partial charge >= 0.3 is 0 Å². The van der Waals surface area contributed by atoms with Crippen molar-refractivity contribution in [1.29, 1.82) is 0 Å². The first kappa shape index (κ1) is 10.2. The van der Waals surface area contributed by atoms with Crippen LogP contribution in [-0.2, 0) is 0 Å². The molecule has 0 spiro atoms. The van der Waals surface area contributed by atoms with Gasteiger partial charge < -0.3 is 10.8 Å². The first-order valence-corrected chi connectivity index (χ1v) is 3.72. The van der Waals surface area contributed by atoms with Crippen LogP contribution < -0.4 is 5.73 Å². The van der Waals surface area contributed by atoms with Gasteiger partial charge in [0.05, 0.1) is 6.10 Å². The maximum atomic E-state index is 9.23. The summed E-state index contributed by atoms with van der Waals surface area (Å²) in [6, 6.07) is 0. The Morgan fingerprint density at radius 2 is 1.90 bits per heavy atom. The fourth-order valence-electron chi connectivity index (χ4n) is 1.53. The number of aliphatic hydroxyl groups excluding tert-OH is 1. The van der Waals surface area contributed by atoms with Gasteiger partial charge in [-0.15, -0.1) is 12.4 Å². The Hall–Kier alpha value is 0.210.